The number of nitrogens with zero attached hydrogens (tertiary/aromatic N) is 2. The maximum Gasteiger partial charge on any atom is 0.567 e. The summed E-state index contributed by atoms with van der Waals surface area (Å²) in [6.07, 6.45) is -2.02. The van der Waals surface area contributed by atoms with Gasteiger partial charge in [-0.2, -0.15) is 57.6 Å². The molecule has 37 heteroatoms. The fourth-order valence-electron chi connectivity index (χ4n) is 8.31. The van der Waals surface area contributed by atoms with Crippen LogP contribution in [0.1, 0.15) is 43.7 Å². The molecule has 10 atom stereocenters. The van der Waals surface area contributed by atoms with Gasteiger partial charge in [0.15, 0.2) is 6.04 Å². The lowest BCUT2D eigenvalue weighted by molar-refractivity contribution is -0.403. The molecule has 2 aliphatic heterocycles. The number of nitrogens with one attached hydrogen (secondary N) is 6. The van der Waals surface area contributed by atoms with Crippen LogP contribution < -0.4 is 37.6 Å². The average Bonchev–Trinajstić information content (AvgIpc) is 4.10. The second kappa shape index (κ2) is 30.5. The van der Waals surface area contributed by atoms with Crippen molar-refractivity contribution in [3.05, 3.63) is 59.7 Å². The number of quaternary nitrogens is 1. The molecule has 2 heterocycles. The van der Waals surface area contributed by atoms with Gasteiger partial charge in [0.05, 0.1) is 12.7 Å². The van der Waals surface area contributed by atoms with Crippen molar-refractivity contribution >= 4 is 78.1 Å². The van der Waals surface area contributed by atoms with Crippen molar-refractivity contribution < 1.29 is 127 Å². The summed E-state index contributed by atoms with van der Waals surface area (Å²) in [4.78, 5) is 209. The number of aliphatic hydroxyl groups is 2. The van der Waals surface area contributed by atoms with Crippen LogP contribution in [0, 0.1) is 0 Å². The monoisotopic (exact) mass is 1220 g/mol. The number of hydrogen-bond acceptors (Lipinski definition) is 25. The lowest BCUT2D eigenvalue weighted by Crippen LogP contribution is -2.70. The van der Waals surface area contributed by atoms with Crippen LogP contribution in [0.25, 0.3) is 0 Å². The van der Waals surface area contributed by atoms with Gasteiger partial charge in [0.25, 0.3) is 5.91 Å². The molecule has 2 saturated heterocycles. The molecular weight excluding hydrogens is 1150 g/mol. The zero-order chi connectivity index (χ0) is 60.6. The summed E-state index contributed by atoms with van der Waals surface area (Å²) in [5.74, 6) is -9.14. The van der Waals surface area contributed by atoms with Gasteiger partial charge in [-0.1, -0.05) is 24.3 Å². The predicted octanol–water partition coefficient (Wildman–Crippen LogP) is -8.03. The first-order valence-corrected chi connectivity index (χ1v) is 29.2. The molecule has 8 amide bonds. The lowest BCUT2D eigenvalue weighted by atomic mass is 10.0. The van der Waals surface area contributed by atoms with Crippen molar-refractivity contribution in [1.82, 2.24) is 41.7 Å². The summed E-state index contributed by atoms with van der Waals surface area (Å²) in [6, 6.07) is -3.99. The van der Waals surface area contributed by atoms with Gasteiger partial charge in [0.2, 0.25) is 41.4 Å². The Morgan fingerprint density at radius 1 is 0.580 bits per heavy atom. The highest BCUT2D eigenvalue weighted by Gasteiger charge is 2.46. The van der Waals surface area contributed by atoms with E-state index < -0.39 is 159 Å². The Labute approximate surface area is 462 Å². The maximum atomic E-state index is 14.2. The molecule has 2 aliphatic rings. The van der Waals surface area contributed by atoms with Gasteiger partial charge in [-0.05, 0) is 68.0 Å². The molecule has 2 aromatic carbocycles. The van der Waals surface area contributed by atoms with Crippen molar-refractivity contribution in [2.45, 2.75) is 106 Å². The van der Waals surface area contributed by atoms with Gasteiger partial charge < -0.3 is 72.7 Å². The number of aldehydes is 1. The van der Waals surface area contributed by atoms with Gasteiger partial charge in [-0.3, -0.25) is 38.4 Å². The van der Waals surface area contributed by atoms with E-state index in [1.54, 1.807) is 0 Å². The first-order chi connectivity index (χ1) is 37.8. The quantitative estimate of drug-likeness (QED) is 0.0255. The van der Waals surface area contributed by atoms with Crippen molar-refractivity contribution in [3.8, 4) is 11.5 Å². The van der Waals surface area contributed by atoms with E-state index in [1.165, 1.54) is 48.5 Å². The summed E-state index contributed by atoms with van der Waals surface area (Å²) in [7, 11) is -15.0. The summed E-state index contributed by atoms with van der Waals surface area (Å²) < 4.78 is 13.7. The fourth-order valence-corrected chi connectivity index (χ4v) is 9.37. The Morgan fingerprint density at radius 3 is 1.42 bits per heavy atom. The third-order valence-corrected chi connectivity index (χ3v) is 13.8. The maximum absolute atomic E-state index is 14.2. The molecule has 2 aromatic rings. The second-order valence-electron chi connectivity index (χ2n) is 18.6. The summed E-state index contributed by atoms with van der Waals surface area (Å²) in [5, 5.41) is 53.9. The number of aromatic hydroxyl groups is 2. The zero-order valence-corrected chi connectivity index (χ0v) is 45.8. The van der Waals surface area contributed by atoms with Crippen LogP contribution in [0.3, 0.4) is 0 Å². The van der Waals surface area contributed by atoms with E-state index in [1.807, 2.05) is 0 Å². The highest BCUT2D eigenvalue weighted by Crippen LogP contribution is 2.47. The minimum atomic E-state index is -5.18. The molecule has 4 rings (SSSR count). The Morgan fingerprint density at radius 2 is 0.988 bits per heavy atom. The number of carbonyl (C=O) groups excluding carboxylic acids is 9. The second-order valence-corrected chi connectivity index (χ2v) is 22.5. The van der Waals surface area contributed by atoms with E-state index in [4.69, 9.17) is 14.7 Å². The van der Waals surface area contributed by atoms with Gasteiger partial charge in [-0.25, -0.2) is 0 Å². The molecule has 0 aliphatic carbocycles. The molecular formula is C44H68N9O25P3+4. The molecule has 34 nitrogen and oxygen atoms in total. The SMILES string of the molecule is C[C@@H](O)[C@H](NC(=O)[C@@H]1CCCN1C(=O)[C@H](CO[P+](O)(O)O)NC(=O)[C@@H]([NH3+])Cc1ccc(O)cc1)C(=O)N[C@@H](CO[P+](O)(O)O)C(=O)N1CCC[C@H]1C(=O)N[C@@H](CO)C(=O)N[C@@H](Cc1ccc(O)cc1)C(=O)N[C@H](C=O)CO[P+](O)(O)O. The molecule has 0 saturated carbocycles. The first kappa shape index (κ1) is 67.7. The van der Waals surface area contributed by atoms with Crippen LogP contribution in [0.4, 0.5) is 0 Å². The highest BCUT2D eigenvalue weighted by molar-refractivity contribution is 7.53. The minimum absolute atomic E-state index is 0.000848. The number of hydrogen-bond donors (Lipinski definition) is 20. The van der Waals surface area contributed by atoms with Gasteiger partial charge >= 0.3 is 24.5 Å². The molecule has 0 aromatic heterocycles. The molecule has 2 fully saturated rings. The molecule has 0 radical (unpaired) electrons. The standard InChI is InChI=1S/C44H64N9O25P3/c1-23(56)36(51-41(63)35-5-3-15-53(35)43(65)32(21-77-80(70,71)72)49-37(59)29(45)16-24-6-10-27(57)11-7-24)42(64)50-33(22-78-81(73,74)75)44(66)52-14-2-4-34(52)40(62)48-31(19-55)39(61)47-30(17-25-8-12-28(58)13-9-25)38(60)46-26(18-54)20-76-79(67,68)69/h6-13,18,23,26,29-36,55-56,67-75H,2-5,14-17,19-22,45H2,1H3,(H5-3,46,47,48,49,50,51,57,58,59,60,61,62,63,64)/p+4/t23-,26-,29+,30+,31+,32+,33+,34+,35+,36+/m1/s1. The number of amides is 8. The minimum Gasteiger partial charge on any atom is -0.508 e. The predicted molar refractivity (Wildman–Crippen MR) is 275 cm³/mol. The summed E-state index contributed by atoms with van der Waals surface area (Å²) in [5.41, 5.74) is 4.66. The Kier molecular flexibility index (Phi) is 25.4. The first-order valence-electron chi connectivity index (χ1n) is 24.5. The number of phenolic OH excluding ortho intramolecular Hbond substituents is 2. The normalized spacial score (nSPS) is 18.7. The fraction of sp³-hybridized carbons (Fsp3) is 0.523. The lowest BCUT2D eigenvalue weighted by Gasteiger charge is -2.31. The molecule has 450 valence electrons. The van der Waals surface area contributed by atoms with E-state index in [9.17, 15) is 92.9 Å². The van der Waals surface area contributed by atoms with E-state index >= 15 is 0 Å². The molecule has 22 N–H and O–H groups in total. The third kappa shape index (κ3) is 22.1. The summed E-state index contributed by atoms with van der Waals surface area (Å²) >= 11 is 0. The van der Waals surface area contributed by atoms with Gasteiger partial charge in [-0.15, -0.1) is 0 Å². The van der Waals surface area contributed by atoms with Crippen molar-refractivity contribution in [3.63, 3.8) is 0 Å². The molecule has 0 unspecified atom stereocenters. The highest BCUT2D eigenvalue weighted by atomic mass is 31.2. The van der Waals surface area contributed by atoms with E-state index in [-0.39, 0.29) is 69.4 Å². The number of carbonyl (C=O) groups is 9. The van der Waals surface area contributed by atoms with Gasteiger partial charge in [0, 0.05) is 25.9 Å². The zero-order valence-electron chi connectivity index (χ0n) is 43.1. The van der Waals surface area contributed by atoms with Crippen molar-refractivity contribution in [1.29, 1.82) is 0 Å². The molecule has 0 bridgehead atoms. The third-order valence-electron chi connectivity index (χ3n) is 12.3. The number of likely N-dealkylation sites (tertiary alicyclic amines) is 2. The van der Waals surface area contributed by atoms with E-state index in [2.05, 4.69) is 51.2 Å². The van der Waals surface area contributed by atoms with Crippen molar-refractivity contribution in [2.24, 2.45) is 0 Å². The summed E-state index contributed by atoms with van der Waals surface area (Å²) in [6.45, 7) is -3.67. The van der Waals surface area contributed by atoms with Gasteiger partial charge in [0.1, 0.15) is 85.9 Å². The Balaban J connectivity index is 1.49. The number of phenols is 2. The largest absolute Gasteiger partial charge is 0.567 e. The van der Waals surface area contributed by atoms with Crippen LogP contribution in [-0.2, 0) is 69.6 Å². The van der Waals surface area contributed by atoms with Crippen LogP contribution >= 0.6 is 24.5 Å². The van der Waals surface area contributed by atoms with Crippen LogP contribution in [-0.4, -0.2) is 228 Å². The van der Waals surface area contributed by atoms with Crippen LogP contribution in [0.2, 0.25) is 0 Å². The Hall–Kier alpha value is -5.84. The number of benzene rings is 2. The van der Waals surface area contributed by atoms with E-state index in [0.29, 0.717) is 11.1 Å². The molecule has 81 heavy (non-hydrogen) atoms. The molecule has 0 spiro atoms. The van der Waals surface area contributed by atoms with Crippen LogP contribution in [0.15, 0.2) is 48.5 Å². The average molecular weight is 1220 g/mol. The van der Waals surface area contributed by atoms with Crippen LogP contribution in [0.5, 0.6) is 11.5 Å². The topological polar surface area (TPSA) is 551 Å². The smallest absolute Gasteiger partial charge is 0.508 e. The van der Waals surface area contributed by atoms with E-state index in [0.717, 1.165) is 16.7 Å². The number of aliphatic hydroxyl groups excluding tert-OH is 2. The number of rotatable bonds is 30. The van der Waals surface area contributed by atoms with Crippen molar-refractivity contribution in [2.75, 3.05) is 39.5 Å². The Bertz CT molecular complexity index is 2500.